The number of hydrogen-bond acceptors (Lipinski definition) is 6. The molecule has 0 saturated carbocycles. The quantitative estimate of drug-likeness (QED) is 0.248. The van der Waals surface area contributed by atoms with Crippen LogP contribution in [0.3, 0.4) is 0 Å². The smallest absolute Gasteiger partial charge is 0.303 e. The molecule has 0 spiro atoms. The minimum atomic E-state index is -0.961. The van der Waals surface area contributed by atoms with Gasteiger partial charge in [0.15, 0.2) is 0 Å². The van der Waals surface area contributed by atoms with E-state index in [4.69, 9.17) is 14.6 Å². The standard InChI is InChI=1S/C32H35FN2O7/c33-26-7-1-5-22(18-26)24-17-25(32(40)35-14-4-12-34-13-15-35)20-27(19-24)42-21-23-6-2-8-29(28(23)10-11-31(38)39)41-16-3-9-30(36)37/h1-2,5-8,17-20,34H,3-4,9-16,21H2,(H,36,37)(H,38,39). The summed E-state index contributed by atoms with van der Waals surface area (Å²) in [5, 5.41) is 21.5. The number of amides is 1. The van der Waals surface area contributed by atoms with Crippen molar-refractivity contribution in [2.24, 2.45) is 0 Å². The third kappa shape index (κ3) is 8.78. The molecule has 1 amide bonds. The van der Waals surface area contributed by atoms with E-state index in [1.807, 2.05) is 6.07 Å². The second-order valence-electron chi connectivity index (χ2n) is 10.1. The number of aliphatic carboxylic acids is 2. The van der Waals surface area contributed by atoms with Crippen molar-refractivity contribution >= 4 is 17.8 Å². The molecule has 1 aliphatic heterocycles. The summed E-state index contributed by atoms with van der Waals surface area (Å²) in [4.78, 5) is 37.5. The Hall–Kier alpha value is -4.44. The maximum absolute atomic E-state index is 14.1. The molecule has 0 bridgehead atoms. The van der Waals surface area contributed by atoms with Crippen molar-refractivity contribution in [2.75, 3.05) is 32.8 Å². The Balaban J connectivity index is 1.61. The summed E-state index contributed by atoms with van der Waals surface area (Å²) in [5.74, 6) is -1.53. The number of carbonyl (C=O) groups is 3. The van der Waals surface area contributed by atoms with Gasteiger partial charge in [-0.05, 0) is 78.9 Å². The first-order valence-corrected chi connectivity index (χ1v) is 14.0. The summed E-state index contributed by atoms with van der Waals surface area (Å²) in [6, 6.07) is 16.6. The molecule has 0 aliphatic carbocycles. The molecule has 222 valence electrons. The lowest BCUT2D eigenvalue weighted by molar-refractivity contribution is -0.138. The van der Waals surface area contributed by atoms with Gasteiger partial charge in [0.2, 0.25) is 0 Å². The molecular weight excluding hydrogens is 543 g/mol. The van der Waals surface area contributed by atoms with Crippen LogP contribution >= 0.6 is 0 Å². The fraction of sp³-hybridized carbons (Fsp3) is 0.344. The maximum atomic E-state index is 14.1. The van der Waals surface area contributed by atoms with Gasteiger partial charge in [0.25, 0.3) is 5.91 Å². The van der Waals surface area contributed by atoms with Crippen molar-refractivity contribution in [1.82, 2.24) is 10.2 Å². The minimum absolute atomic E-state index is 0.0378. The first-order valence-electron chi connectivity index (χ1n) is 14.0. The number of carboxylic acids is 2. The van der Waals surface area contributed by atoms with Crippen molar-refractivity contribution in [3.05, 3.63) is 83.2 Å². The second-order valence-corrected chi connectivity index (χ2v) is 10.1. The van der Waals surface area contributed by atoms with E-state index in [9.17, 15) is 23.9 Å². The summed E-state index contributed by atoms with van der Waals surface area (Å²) in [7, 11) is 0. The van der Waals surface area contributed by atoms with Crippen LogP contribution in [0.5, 0.6) is 11.5 Å². The van der Waals surface area contributed by atoms with Crippen molar-refractivity contribution in [3.63, 3.8) is 0 Å². The van der Waals surface area contributed by atoms with Crippen LogP contribution in [0.25, 0.3) is 11.1 Å². The minimum Gasteiger partial charge on any atom is -0.493 e. The number of nitrogens with one attached hydrogen (secondary N) is 1. The molecule has 0 unspecified atom stereocenters. The number of benzene rings is 3. The van der Waals surface area contributed by atoms with Crippen molar-refractivity contribution in [1.29, 1.82) is 0 Å². The number of ether oxygens (including phenoxy) is 2. The average molecular weight is 579 g/mol. The first-order chi connectivity index (χ1) is 20.3. The molecule has 0 aromatic heterocycles. The molecule has 9 nitrogen and oxygen atoms in total. The molecule has 3 N–H and O–H groups in total. The number of halogens is 1. The van der Waals surface area contributed by atoms with E-state index in [-0.39, 0.29) is 38.4 Å². The number of hydrogen-bond donors (Lipinski definition) is 3. The van der Waals surface area contributed by atoms with Gasteiger partial charge >= 0.3 is 11.9 Å². The first kappa shape index (κ1) is 30.5. The van der Waals surface area contributed by atoms with E-state index in [1.54, 1.807) is 47.4 Å². The number of nitrogens with zero attached hydrogens (tertiary/aromatic N) is 1. The zero-order valence-corrected chi connectivity index (χ0v) is 23.3. The third-order valence-electron chi connectivity index (χ3n) is 6.94. The molecule has 1 fully saturated rings. The van der Waals surface area contributed by atoms with Gasteiger partial charge in [0, 0.05) is 43.6 Å². The average Bonchev–Trinajstić information content (AvgIpc) is 3.26. The summed E-state index contributed by atoms with van der Waals surface area (Å²) in [6.07, 6.45) is 1.18. The Bertz CT molecular complexity index is 1400. The molecule has 10 heteroatoms. The van der Waals surface area contributed by atoms with Gasteiger partial charge in [-0.3, -0.25) is 14.4 Å². The molecule has 1 aliphatic rings. The fourth-order valence-electron chi connectivity index (χ4n) is 4.84. The van der Waals surface area contributed by atoms with E-state index in [0.717, 1.165) is 13.0 Å². The number of carbonyl (C=O) groups excluding carboxylic acids is 1. The molecule has 1 saturated heterocycles. The molecule has 1 heterocycles. The summed E-state index contributed by atoms with van der Waals surface area (Å²) in [5.41, 5.74) is 3.02. The molecule has 4 rings (SSSR count). The molecule has 0 radical (unpaired) electrons. The van der Waals surface area contributed by atoms with Gasteiger partial charge in [0.05, 0.1) is 6.61 Å². The highest BCUT2D eigenvalue weighted by molar-refractivity contribution is 5.96. The highest BCUT2D eigenvalue weighted by Crippen LogP contribution is 2.30. The Kier molecular flexibility index (Phi) is 10.9. The molecule has 3 aromatic carbocycles. The lowest BCUT2D eigenvalue weighted by atomic mass is 10.0. The Morgan fingerprint density at radius 2 is 1.69 bits per heavy atom. The van der Waals surface area contributed by atoms with Gasteiger partial charge in [-0.2, -0.15) is 0 Å². The van der Waals surface area contributed by atoms with E-state index < -0.39 is 17.8 Å². The highest BCUT2D eigenvalue weighted by Gasteiger charge is 2.20. The Morgan fingerprint density at radius 1 is 0.881 bits per heavy atom. The van der Waals surface area contributed by atoms with Crippen LogP contribution in [0.1, 0.15) is 47.2 Å². The topological polar surface area (TPSA) is 125 Å². The van der Waals surface area contributed by atoms with Crippen LogP contribution in [-0.2, 0) is 22.6 Å². The van der Waals surface area contributed by atoms with Crippen LogP contribution in [0, 0.1) is 5.82 Å². The lowest BCUT2D eigenvalue weighted by Gasteiger charge is -2.21. The van der Waals surface area contributed by atoms with Crippen LogP contribution in [-0.4, -0.2) is 65.7 Å². The molecule has 42 heavy (non-hydrogen) atoms. The van der Waals surface area contributed by atoms with Crippen LogP contribution in [0.4, 0.5) is 4.39 Å². The largest absolute Gasteiger partial charge is 0.493 e. The normalized spacial score (nSPS) is 13.3. The highest BCUT2D eigenvalue weighted by atomic mass is 19.1. The van der Waals surface area contributed by atoms with Crippen molar-refractivity contribution < 1.29 is 38.5 Å². The summed E-state index contributed by atoms with van der Waals surface area (Å²) >= 11 is 0. The number of rotatable bonds is 13. The third-order valence-corrected chi connectivity index (χ3v) is 6.94. The van der Waals surface area contributed by atoms with Crippen molar-refractivity contribution in [3.8, 4) is 22.6 Å². The van der Waals surface area contributed by atoms with Gasteiger partial charge in [-0.25, -0.2) is 4.39 Å². The fourth-order valence-corrected chi connectivity index (χ4v) is 4.84. The maximum Gasteiger partial charge on any atom is 0.303 e. The molecule has 0 atom stereocenters. The molecular formula is C32H35FN2O7. The second kappa shape index (κ2) is 15.0. The van der Waals surface area contributed by atoms with Gasteiger partial charge in [0.1, 0.15) is 23.9 Å². The predicted molar refractivity (Wildman–Crippen MR) is 154 cm³/mol. The monoisotopic (exact) mass is 578 g/mol. The van der Waals surface area contributed by atoms with Crippen molar-refractivity contribution in [2.45, 2.75) is 38.7 Å². The van der Waals surface area contributed by atoms with Crippen LogP contribution in [0.15, 0.2) is 60.7 Å². The van der Waals surface area contributed by atoms with Gasteiger partial charge < -0.3 is 29.9 Å². The zero-order valence-electron chi connectivity index (χ0n) is 23.3. The zero-order chi connectivity index (χ0) is 29.9. The van der Waals surface area contributed by atoms with Gasteiger partial charge in [-0.15, -0.1) is 0 Å². The molecule has 3 aromatic rings. The lowest BCUT2D eigenvalue weighted by Crippen LogP contribution is -2.34. The predicted octanol–water partition coefficient (Wildman–Crippen LogP) is 4.77. The Morgan fingerprint density at radius 3 is 2.48 bits per heavy atom. The van der Waals surface area contributed by atoms with E-state index in [1.165, 1.54) is 12.1 Å². The van der Waals surface area contributed by atoms with Gasteiger partial charge in [-0.1, -0.05) is 24.3 Å². The van der Waals surface area contributed by atoms with E-state index in [0.29, 0.717) is 65.4 Å². The summed E-state index contributed by atoms with van der Waals surface area (Å²) < 4.78 is 26.1. The van der Waals surface area contributed by atoms with Crippen LogP contribution in [0.2, 0.25) is 0 Å². The van der Waals surface area contributed by atoms with E-state index in [2.05, 4.69) is 5.32 Å². The Labute approximate surface area is 243 Å². The van der Waals surface area contributed by atoms with E-state index >= 15 is 0 Å². The summed E-state index contributed by atoms with van der Waals surface area (Å²) in [6.45, 7) is 2.98. The number of carboxylic acid groups (broad SMARTS) is 2. The van der Waals surface area contributed by atoms with Crippen LogP contribution < -0.4 is 14.8 Å². The SMILES string of the molecule is O=C(O)CCCOc1cccc(COc2cc(C(=O)N3CCCNCC3)cc(-c3cccc(F)c3)c2)c1CCC(=O)O.